The third-order valence-electron chi connectivity index (χ3n) is 3.70. The molecule has 1 heterocycles. The summed E-state index contributed by atoms with van der Waals surface area (Å²) in [7, 11) is 0. The Kier molecular flexibility index (Phi) is 2.85. The van der Waals surface area contributed by atoms with Crippen LogP contribution < -0.4 is 5.73 Å². The summed E-state index contributed by atoms with van der Waals surface area (Å²) in [6.45, 7) is 0. The Morgan fingerprint density at radius 3 is 2.82 bits per heavy atom. The van der Waals surface area contributed by atoms with Gasteiger partial charge in [0.1, 0.15) is 5.76 Å². The lowest BCUT2D eigenvalue weighted by Gasteiger charge is -2.26. The molecule has 90 valence electrons. The molecule has 2 unspecified atom stereocenters. The molecule has 2 atom stereocenters. The maximum absolute atomic E-state index is 6.18. The van der Waals surface area contributed by atoms with Gasteiger partial charge in [-0.3, -0.25) is 0 Å². The van der Waals surface area contributed by atoms with Gasteiger partial charge in [-0.1, -0.05) is 36.6 Å². The number of nitrogens with two attached hydrogens (primary N) is 1. The molecule has 0 bridgehead atoms. The van der Waals surface area contributed by atoms with Crippen LogP contribution in [0.4, 0.5) is 0 Å². The highest BCUT2D eigenvalue weighted by Crippen LogP contribution is 2.36. The maximum atomic E-state index is 6.18. The van der Waals surface area contributed by atoms with Crippen LogP contribution >= 0.6 is 11.6 Å². The fourth-order valence-corrected chi connectivity index (χ4v) is 2.96. The first kappa shape index (κ1) is 11.1. The first-order valence-corrected chi connectivity index (χ1v) is 6.57. The Morgan fingerprint density at radius 2 is 2.06 bits per heavy atom. The molecule has 1 saturated carbocycles. The minimum atomic E-state index is 0.225. The fourth-order valence-electron chi connectivity index (χ4n) is 2.74. The van der Waals surface area contributed by atoms with Crippen molar-refractivity contribution in [3.63, 3.8) is 0 Å². The van der Waals surface area contributed by atoms with Crippen molar-refractivity contribution in [3.8, 4) is 0 Å². The minimum Gasteiger partial charge on any atom is -0.459 e. The number of furan rings is 1. The zero-order chi connectivity index (χ0) is 11.8. The molecular weight excluding hydrogens is 234 g/mol. The Bertz CT molecular complexity index is 534. The molecule has 3 rings (SSSR count). The van der Waals surface area contributed by atoms with Gasteiger partial charge >= 0.3 is 0 Å². The number of hydrogen-bond donors (Lipinski definition) is 1. The molecule has 1 fully saturated rings. The van der Waals surface area contributed by atoms with Gasteiger partial charge in [0.15, 0.2) is 5.58 Å². The van der Waals surface area contributed by atoms with Crippen molar-refractivity contribution in [1.82, 2.24) is 0 Å². The Hall–Kier alpha value is -0.990. The molecule has 2 N–H and O–H groups in total. The summed E-state index contributed by atoms with van der Waals surface area (Å²) in [6.07, 6.45) is 4.69. The van der Waals surface area contributed by atoms with Crippen molar-refractivity contribution >= 4 is 22.6 Å². The van der Waals surface area contributed by atoms with Gasteiger partial charge in [-0.25, -0.2) is 0 Å². The zero-order valence-electron chi connectivity index (χ0n) is 9.66. The van der Waals surface area contributed by atoms with Crippen LogP contribution in [0.1, 0.15) is 37.4 Å². The van der Waals surface area contributed by atoms with Crippen molar-refractivity contribution in [2.24, 2.45) is 5.73 Å². The highest BCUT2D eigenvalue weighted by atomic mass is 35.5. The first-order valence-electron chi connectivity index (χ1n) is 6.19. The Balaban J connectivity index is 2.02. The number of fused-ring (bicyclic) bond motifs is 1. The van der Waals surface area contributed by atoms with Crippen molar-refractivity contribution < 1.29 is 4.42 Å². The molecule has 0 radical (unpaired) electrons. The van der Waals surface area contributed by atoms with Crippen LogP contribution in [0.25, 0.3) is 11.0 Å². The predicted molar refractivity (Wildman–Crippen MR) is 70.4 cm³/mol. The lowest BCUT2D eigenvalue weighted by atomic mass is 9.83. The highest BCUT2D eigenvalue weighted by molar-refractivity contribution is 6.34. The smallest absolute Gasteiger partial charge is 0.152 e. The van der Waals surface area contributed by atoms with E-state index in [-0.39, 0.29) is 6.04 Å². The van der Waals surface area contributed by atoms with Crippen LogP contribution in [0.3, 0.4) is 0 Å². The molecule has 1 aliphatic rings. The van der Waals surface area contributed by atoms with E-state index in [2.05, 4.69) is 6.07 Å². The molecule has 1 aromatic heterocycles. The summed E-state index contributed by atoms with van der Waals surface area (Å²) in [4.78, 5) is 0. The average molecular weight is 250 g/mol. The first-order chi connectivity index (χ1) is 8.25. The fraction of sp³-hybridized carbons (Fsp3) is 0.429. The van der Waals surface area contributed by atoms with Crippen LogP contribution in [-0.2, 0) is 0 Å². The van der Waals surface area contributed by atoms with E-state index >= 15 is 0 Å². The van der Waals surface area contributed by atoms with E-state index in [1.54, 1.807) is 0 Å². The molecule has 0 saturated heterocycles. The third-order valence-corrected chi connectivity index (χ3v) is 4.00. The van der Waals surface area contributed by atoms with E-state index < -0.39 is 0 Å². The average Bonchev–Trinajstić information content (AvgIpc) is 2.75. The summed E-state index contributed by atoms with van der Waals surface area (Å²) < 4.78 is 5.90. The summed E-state index contributed by atoms with van der Waals surface area (Å²) in [5.74, 6) is 1.35. The van der Waals surface area contributed by atoms with E-state index in [1.165, 1.54) is 12.8 Å². The quantitative estimate of drug-likeness (QED) is 0.827. The molecule has 0 spiro atoms. The van der Waals surface area contributed by atoms with Crippen LogP contribution in [0, 0.1) is 0 Å². The standard InChI is InChI=1S/C14H16ClNO/c15-11-6-3-4-9-8-13(17-14(9)11)10-5-1-2-7-12(10)16/h3-4,6,8,10,12H,1-2,5,7,16H2. The van der Waals surface area contributed by atoms with Crippen molar-refractivity contribution in [2.45, 2.75) is 37.6 Å². The van der Waals surface area contributed by atoms with E-state index in [9.17, 15) is 0 Å². The van der Waals surface area contributed by atoms with Gasteiger partial charge in [0.05, 0.1) is 5.02 Å². The van der Waals surface area contributed by atoms with Crippen molar-refractivity contribution in [1.29, 1.82) is 0 Å². The molecule has 0 aliphatic heterocycles. The normalized spacial score (nSPS) is 25.3. The van der Waals surface area contributed by atoms with Gasteiger partial charge in [-0.2, -0.15) is 0 Å². The molecule has 2 nitrogen and oxygen atoms in total. The van der Waals surface area contributed by atoms with Gasteiger partial charge in [-0.05, 0) is 25.0 Å². The Morgan fingerprint density at radius 1 is 1.24 bits per heavy atom. The topological polar surface area (TPSA) is 39.2 Å². The summed E-state index contributed by atoms with van der Waals surface area (Å²) in [5, 5.41) is 1.75. The lowest BCUT2D eigenvalue weighted by molar-refractivity contribution is 0.342. The largest absolute Gasteiger partial charge is 0.459 e. The van der Waals surface area contributed by atoms with Crippen LogP contribution in [0.5, 0.6) is 0 Å². The summed E-state index contributed by atoms with van der Waals surface area (Å²) in [6, 6.07) is 8.16. The zero-order valence-corrected chi connectivity index (χ0v) is 10.4. The van der Waals surface area contributed by atoms with Crippen LogP contribution in [0.2, 0.25) is 5.02 Å². The monoisotopic (exact) mass is 249 g/mol. The molecule has 0 amide bonds. The number of benzene rings is 1. The summed E-state index contributed by atoms with van der Waals surface area (Å²) in [5.41, 5.74) is 6.97. The SMILES string of the molecule is NC1CCCCC1c1cc2cccc(Cl)c2o1. The number of hydrogen-bond acceptors (Lipinski definition) is 2. The van der Waals surface area contributed by atoms with Gasteiger partial charge in [-0.15, -0.1) is 0 Å². The number of rotatable bonds is 1. The van der Waals surface area contributed by atoms with E-state index in [1.807, 2.05) is 18.2 Å². The Labute approximate surface area is 106 Å². The van der Waals surface area contributed by atoms with E-state index in [4.69, 9.17) is 21.8 Å². The van der Waals surface area contributed by atoms with E-state index in [0.29, 0.717) is 10.9 Å². The second kappa shape index (κ2) is 4.35. The van der Waals surface area contributed by atoms with Gasteiger partial charge in [0.25, 0.3) is 0 Å². The lowest BCUT2D eigenvalue weighted by Crippen LogP contribution is -2.31. The van der Waals surface area contributed by atoms with Crippen molar-refractivity contribution in [2.75, 3.05) is 0 Å². The number of para-hydroxylation sites is 1. The van der Waals surface area contributed by atoms with Gasteiger partial charge in [0.2, 0.25) is 0 Å². The molecule has 2 aromatic rings. The third kappa shape index (κ3) is 1.96. The predicted octanol–water partition coefficient (Wildman–Crippen LogP) is 4.07. The van der Waals surface area contributed by atoms with Crippen LogP contribution in [0.15, 0.2) is 28.7 Å². The minimum absolute atomic E-state index is 0.225. The second-order valence-corrected chi connectivity index (χ2v) is 5.27. The molecular formula is C14H16ClNO. The number of halogens is 1. The van der Waals surface area contributed by atoms with Gasteiger partial charge in [0, 0.05) is 17.3 Å². The molecule has 1 aromatic carbocycles. The van der Waals surface area contributed by atoms with Crippen LogP contribution in [-0.4, -0.2) is 6.04 Å². The molecule has 17 heavy (non-hydrogen) atoms. The summed E-state index contributed by atoms with van der Waals surface area (Å²) >= 11 is 6.12. The molecule has 3 heteroatoms. The maximum Gasteiger partial charge on any atom is 0.152 e. The second-order valence-electron chi connectivity index (χ2n) is 4.86. The van der Waals surface area contributed by atoms with Gasteiger partial charge < -0.3 is 10.2 Å². The molecule has 1 aliphatic carbocycles. The highest BCUT2D eigenvalue weighted by Gasteiger charge is 2.26. The van der Waals surface area contributed by atoms with E-state index in [0.717, 1.165) is 29.6 Å². The van der Waals surface area contributed by atoms with Crippen molar-refractivity contribution in [3.05, 3.63) is 35.0 Å².